The highest BCUT2D eigenvalue weighted by atomic mass is 127. The number of alkyl halides is 3. The molecule has 1 aliphatic rings. The Labute approximate surface area is 210 Å². The molecule has 6 nitrogen and oxygen atoms in total. The Morgan fingerprint density at radius 1 is 1.18 bits per heavy atom. The summed E-state index contributed by atoms with van der Waals surface area (Å²) in [7, 11) is 1.69. The van der Waals surface area contributed by atoms with Crippen LogP contribution in [0.25, 0.3) is 0 Å². The number of benzene rings is 1. The number of nitrogens with one attached hydrogen (secondary N) is 2. The lowest BCUT2D eigenvalue weighted by atomic mass is 9.96. The summed E-state index contributed by atoms with van der Waals surface area (Å²) in [6.45, 7) is 6.07. The Hall–Kier alpha value is -2.08. The van der Waals surface area contributed by atoms with Crippen LogP contribution in [0, 0.1) is 0 Å². The van der Waals surface area contributed by atoms with E-state index in [1.54, 1.807) is 19.3 Å². The SMILES string of the molecule is CN=C(NCCC(C)c1cccc(C(F)(F)F)c1)NCc1cccnc1N1CCOCC1.I. The smallest absolute Gasteiger partial charge is 0.378 e. The van der Waals surface area contributed by atoms with Gasteiger partial charge in [0.2, 0.25) is 0 Å². The molecule has 182 valence electrons. The van der Waals surface area contributed by atoms with Crippen molar-refractivity contribution in [3.8, 4) is 0 Å². The molecule has 1 aromatic carbocycles. The summed E-state index contributed by atoms with van der Waals surface area (Å²) >= 11 is 0. The Kier molecular flexibility index (Phi) is 10.7. The van der Waals surface area contributed by atoms with E-state index in [0.717, 1.165) is 30.5 Å². The lowest BCUT2D eigenvalue weighted by molar-refractivity contribution is -0.137. The molecule has 1 atom stereocenters. The number of hydrogen-bond acceptors (Lipinski definition) is 4. The van der Waals surface area contributed by atoms with Crippen molar-refractivity contribution in [1.29, 1.82) is 0 Å². The number of pyridine rings is 1. The van der Waals surface area contributed by atoms with Crippen LogP contribution in [-0.2, 0) is 17.5 Å². The van der Waals surface area contributed by atoms with Crippen LogP contribution in [0.4, 0.5) is 19.0 Å². The van der Waals surface area contributed by atoms with Crippen molar-refractivity contribution < 1.29 is 17.9 Å². The van der Waals surface area contributed by atoms with Gasteiger partial charge in [-0.15, -0.1) is 24.0 Å². The fourth-order valence-corrected chi connectivity index (χ4v) is 3.62. The predicted octanol–water partition coefficient (Wildman–Crippen LogP) is 4.41. The van der Waals surface area contributed by atoms with Crippen LogP contribution in [0.2, 0.25) is 0 Å². The first-order chi connectivity index (χ1) is 15.4. The van der Waals surface area contributed by atoms with E-state index in [9.17, 15) is 13.2 Å². The second-order valence-electron chi connectivity index (χ2n) is 7.75. The maximum Gasteiger partial charge on any atom is 0.416 e. The van der Waals surface area contributed by atoms with E-state index in [2.05, 4.69) is 25.5 Å². The first-order valence-electron chi connectivity index (χ1n) is 10.8. The van der Waals surface area contributed by atoms with Gasteiger partial charge in [-0.05, 0) is 30.0 Å². The number of nitrogens with zero attached hydrogens (tertiary/aromatic N) is 3. The topological polar surface area (TPSA) is 61.8 Å². The molecule has 0 spiro atoms. The Morgan fingerprint density at radius 2 is 1.94 bits per heavy atom. The van der Waals surface area contributed by atoms with Gasteiger partial charge in [0.05, 0.1) is 18.8 Å². The van der Waals surface area contributed by atoms with E-state index in [4.69, 9.17) is 4.74 Å². The highest BCUT2D eigenvalue weighted by Gasteiger charge is 2.30. The lowest BCUT2D eigenvalue weighted by Crippen LogP contribution is -2.39. The zero-order chi connectivity index (χ0) is 23.0. The molecule has 1 fully saturated rings. The number of anilines is 1. The standard InChI is InChI=1S/C23H30F3N5O.HI/c1-17(18-5-3-7-20(15-18)23(24,25)26)8-10-29-22(27-2)30-16-19-6-4-9-28-21(19)31-11-13-32-14-12-31;/h3-7,9,15,17H,8,10-14,16H2,1-2H3,(H2,27,29,30);1H. The number of rotatable bonds is 7. The molecular weight excluding hydrogens is 546 g/mol. The predicted molar refractivity (Wildman–Crippen MR) is 135 cm³/mol. The molecule has 1 saturated heterocycles. The number of ether oxygens (including phenoxy) is 1. The van der Waals surface area contributed by atoms with Gasteiger partial charge in [0.1, 0.15) is 5.82 Å². The largest absolute Gasteiger partial charge is 0.416 e. The van der Waals surface area contributed by atoms with Gasteiger partial charge in [-0.25, -0.2) is 4.98 Å². The number of guanidine groups is 1. The highest BCUT2D eigenvalue weighted by molar-refractivity contribution is 14.0. The summed E-state index contributed by atoms with van der Waals surface area (Å²) in [6.07, 6.45) is -1.86. The van der Waals surface area contributed by atoms with Crippen molar-refractivity contribution in [2.75, 3.05) is 44.8 Å². The first-order valence-corrected chi connectivity index (χ1v) is 10.8. The average molecular weight is 577 g/mol. The number of aliphatic imine (C=N–C) groups is 1. The fourth-order valence-electron chi connectivity index (χ4n) is 3.62. The minimum Gasteiger partial charge on any atom is -0.378 e. The van der Waals surface area contributed by atoms with Crippen molar-refractivity contribution in [2.45, 2.75) is 32.0 Å². The summed E-state index contributed by atoms with van der Waals surface area (Å²) in [6, 6.07) is 9.48. The summed E-state index contributed by atoms with van der Waals surface area (Å²) in [5.74, 6) is 1.56. The Morgan fingerprint density at radius 3 is 2.64 bits per heavy atom. The van der Waals surface area contributed by atoms with E-state index in [1.165, 1.54) is 12.1 Å². The van der Waals surface area contributed by atoms with Gasteiger partial charge in [-0.2, -0.15) is 13.2 Å². The first kappa shape index (κ1) is 27.2. The summed E-state index contributed by atoms with van der Waals surface area (Å²) < 4.78 is 44.3. The third-order valence-corrected chi connectivity index (χ3v) is 5.50. The summed E-state index contributed by atoms with van der Waals surface area (Å²) in [4.78, 5) is 11.0. The number of morpholine rings is 1. The van der Waals surface area contributed by atoms with E-state index in [0.29, 0.717) is 44.2 Å². The highest BCUT2D eigenvalue weighted by Crippen LogP contribution is 2.31. The average Bonchev–Trinajstić information content (AvgIpc) is 2.81. The monoisotopic (exact) mass is 577 g/mol. The molecule has 1 aliphatic heterocycles. The van der Waals surface area contributed by atoms with Crippen LogP contribution < -0.4 is 15.5 Å². The van der Waals surface area contributed by atoms with Crippen molar-refractivity contribution >= 4 is 35.8 Å². The van der Waals surface area contributed by atoms with Gasteiger partial charge >= 0.3 is 6.18 Å². The molecule has 33 heavy (non-hydrogen) atoms. The van der Waals surface area contributed by atoms with Gasteiger partial charge in [0, 0.05) is 45.0 Å². The quantitative estimate of drug-likeness (QED) is 0.290. The third kappa shape index (κ3) is 8.02. The van der Waals surface area contributed by atoms with E-state index in [-0.39, 0.29) is 29.9 Å². The minimum atomic E-state index is -4.33. The summed E-state index contributed by atoms with van der Waals surface area (Å²) in [5.41, 5.74) is 1.13. The maximum atomic E-state index is 13.0. The maximum absolute atomic E-state index is 13.0. The zero-order valence-electron chi connectivity index (χ0n) is 18.9. The summed E-state index contributed by atoms with van der Waals surface area (Å²) in [5, 5.41) is 6.55. The molecule has 0 radical (unpaired) electrons. The second kappa shape index (κ2) is 13.0. The van der Waals surface area contributed by atoms with Crippen LogP contribution >= 0.6 is 24.0 Å². The molecule has 3 rings (SSSR count). The van der Waals surface area contributed by atoms with Crippen LogP contribution in [0.15, 0.2) is 47.6 Å². The Bertz CT molecular complexity index is 904. The second-order valence-corrected chi connectivity index (χ2v) is 7.75. The van der Waals surface area contributed by atoms with Crippen molar-refractivity contribution in [2.24, 2.45) is 4.99 Å². The third-order valence-electron chi connectivity index (χ3n) is 5.50. The van der Waals surface area contributed by atoms with Crippen LogP contribution in [0.1, 0.15) is 36.0 Å². The van der Waals surface area contributed by atoms with E-state index in [1.807, 2.05) is 19.1 Å². The van der Waals surface area contributed by atoms with Crippen molar-refractivity contribution in [3.05, 3.63) is 59.3 Å². The van der Waals surface area contributed by atoms with Gasteiger partial charge in [0.15, 0.2) is 5.96 Å². The van der Waals surface area contributed by atoms with Gasteiger partial charge in [-0.1, -0.05) is 31.2 Å². The van der Waals surface area contributed by atoms with Gasteiger partial charge in [0.25, 0.3) is 0 Å². The normalized spacial score (nSPS) is 15.5. The van der Waals surface area contributed by atoms with Gasteiger partial charge < -0.3 is 20.3 Å². The van der Waals surface area contributed by atoms with Crippen LogP contribution in [0.5, 0.6) is 0 Å². The molecule has 2 heterocycles. The molecule has 10 heteroatoms. The van der Waals surface area contributed by atoms with Gasteiger partial charge in [-0.3, -0.25) is 4.99 Å². The van der Waals surface area contributed by atoms with Crippen LogP contribution in [0.3, 0.4) is 0 Å². The molecular formula is C23H31F3IN5O. The van der Waals surface area contributed by atoms with E-state index < -0.39 is 11.7 Å². The molecule has 1 unspecified atom stereocenters. The fraction of sp³-hybridized carbons (Fsp3) is 0.478. The molecule has 1 aromatic heterocycles. The zero-order valence-corrected chi connectivity index (χ0v) is 21.2. The number of hydrogen-bond donors (Lipinski definition) is 2. The molecule has 0 aliphatic carbocycles. The van der Waals surface area contributed by atoms with E-state index >= 15 is 0 Å². The molecule has 0 bridgehead atoms. The molecule has 2 aromatic rings. The number of aromatic nitrogens is 1. The molecule has 0 amide bonds. The molecule has 0 saturated carbocycles. The number of halogens is 4. The Balaban J connectivity index is 0.00000385. The lowest BCUT2D eigenvalue weighted by Gasteiger charge is -2.29. The van der Waals surface area contributed by atoms with Crippen LogP contribution in [-0.4, -0.2) is 50.8 Å². The van der Waals surface area contributed by atoms with Crippen molar-refractivity contribution in [3.63, 3.8) is 0 Å². The molecule has 2 N–H and O–H groups in total. The minimum absolute atomic E-state index is 0. The van der Waals surface area contributed by atoms with Crippen molar-refractivity contribution in [1.82, 2.24) is 15.6 Å².